The molecule has 0 aliphatic rings. The van der Waals surface area contributed by atoms with Crippen molar-refractivity contribution in [2.75, 3.05) is 6.54 Å². The van der Waals surface area contributed by atoms with Crippen molar-refractivity contribution in [3.8, 4) is 0 Å². The molecule has 0 unspecified atom stereocenters. The van der Waals surface area contributed by atoms with E-state index in [2.05, 4.69) is 21.2 Å². The number of hydrogen-bond donors (Lipinski definition) is 2. The molecule has 1 aromatic carbocycles. The van der Waals surface area contributed by atoms with Gasteiger partial charge >= 0.3 is 5.97 Å². The van der Waals surface area contributed by atoms with E-state index in [1.54, 1.807) is 6.07 Å². The molecule has 1 aromatic rings. The number of amides is 1. The molecule has 0 radical (unpaired) electrons. The number of nitrogens with one attached hydrogen (secondary N) is 1. The SMILES string of the molecule is O=C(O)CCCNC(=O)c1ccc(Br)cc1F. The minimum absolute atomic E-state index is 0.0247. The van der Waals surface area contributed by atoms with Crippen LogP contribution >= 0.6 is 15.9 Å². The first kappa shape index (κ1) is 13.6. The van der Waals surface area contributed by atoms with Gasteiger partial charge in [0.2, 0.25) is 0 Å². The van der Waals surface area contributed by atoms with E-state index in [9.17, 15) is 14.0 Å². The molecule has 0 saturated heterocycles. The average molecular weight is 304 g/mol. The van der Waals surface area contributed by atoms with E-state index in [-0.39, 0.29) is 18.5 Å². The number of carboxylic acids is 1. The molecular weight excluding hydrogens is 293 g/mol. The van der Waals surface area contributed by atoms with Crippen LogP contribution in [0.25, 0.3) is 0 Å². The van der Waals surface area contributed by atoms with Gasteiger partial charge < -0.3 is 10.4 Å². The Morgan fingerprint density at radius 1 is 1.41 bits per heavy atom. The van der Waals surface area contributed by atoms with Gasteiger partial charge in [-0.05, 0) is 24.6 Å². The highest BCUT2D eigenvalue weighted by Crippen LogP contribution is 2.15. The Labute approximate surface area is 106 Å². The molecule has 1 rings (SSSR count). The van der Waals surface area contributed by atoms with Crippen molar-refractivity contribution in [3.63, 3.8) is 0 Å². The first-order valence-corrected chi connectivity index (χ1v) is 5.75. The van der Waals surface area contributed by atoms with Crippen molar-refractivity contribution in [2.45, 2.75) is 12.8 Å². The van der Waals surface area contributed by atoms with E-state index in [0.717, 1.165) is 0 Å². The Balaban J connectivity index is 2.50. The summed E-state index contributed by atoms with van der Waals surface area (Å²) in [5, 5.41) is 10.8. The minimum atomic E-state index is -0.922. The standard InChI is InChI=1S/C11H11BrFNO3/c12-7-3-4-8(9(13)6-7)11(17)14-5-1-2-10(15)16/h3-4,6H,1-2,5H2,(H,14,17)(H,15,16). The Bertz CT molecular complexity index is 437. The molecule has 0 fully saturated rings. The quantitative estimate of drug-likeness (QED) is 0.819. The summed E-state index contributed by atoms with van der Waals surface area (Å²) >= 11 is 3.09. The summed E-state index contributed by atoms with van der Waals surface area (Å²) in [6.45, 7) is 0.209. The van der Waals surface area contributed by atoms with Crippen LogP contribution in [0.3, 0.4) is 0 Å². The van der Waals surface area contributed by atoms with Gasteiger partial charge in [0.1, 0.15) is 5.82 Å². The molecule has 0 heterocycles. The largest absolute Gasteiger partial charge is 0.481 e. The van der Waals surface area contributed by atoms with Crippen LogP contribution in [0.2, 0.25) is 0 Å². The smallest absolute Gasteiger partial charge is 0.303 e. The van der Waals surface area contributed by atoms with E-state index in [1.165, 1.54) is 12.1 Å². The van der Waals surface area contributed by atoms with Crippen molar-refractivity contribution >= 4 is 27.8 Å². The maximum atomic E-state index is 13.4. The topological polar surface area (TPSA) is 66.4 Å². The number of rotatable bonds is 5. The van der Waals surface area contributed by atoms with Gasteiger partial charge in [-0.15, -0.1) is 0 Å². The molecule has 92 valence electrons. The van der Waals surface area contributed by atoms with Crippen molar-refractivity contribution in [1.82, 2.24) is 5.32 Å². The van der Waals surface area contributed by atoms with E-state index in [4.69, 9.17) is 5.11 Å². The summed E-state index contributed by atoms with van der Waals surface area (Å²) in [5.41, 5.74) is -0.0523. The number of benzene rings is 1. The van der Waals surface area contributed by atoms with Crippen molar-refractivity contribution in [3.05, 3.63) is 34.1 Å². The molecule has 1 amide bonds. The number of carboxylic acid groups (broad SMARTS) is 1. The first-order valence-electron chi connectivity index (χ1n) is 4.95. The first-order chi connectivity index (χ1) is 8.00. The van der Waals surface area contributed by atoms with Crippen molar-refractivity contribution < 1.29 is 19.1 Å². The van der Waals surface area contributed by atoms with Gasteiger partial charge in [0.05, 0.1) is 5.56 Å². The molecule has 0 atom stereocenters. The Morgan fingerprint density at radius 3 is 2.71 bits per heavy atom. The lowest BCUT2D eigenvalue weighted by Gasteiger charge is -2.05. The summed E-state index contributed by atoms with van der Waals surface area (Å²) in [6, 6.07) is 4.13. The molecule has 4 nitrogen and oxygen atoms in total. The molecule has 2 N–H and O–H groups in total. The minimum Gasteiger partial charge on any atom is -0.481 e. The second-order valence-electron chi connectivity index (χ2n) is 3.38. The molecule has 17 heavy (non-hydrogen) atoms. The monoisotopic (exact) mass is 303 g/mol. The number of aliphatic carboxylic acids is 1. The molecule has 6 heteroatoms. The van der Waals surface area contributed by atoms with Crippen molar-refractivity contribution in [2.24, 2.45) is 0 Å². The third-order valence-corrected chi connectivity index (χ3v) is 2.52. The van der Waals surface area contributed by atoms with Gasteiger partial charge in [0.25, 0.3) is 5.91 Å². The Morgan fingerprint density at radius 2 is 2.12 bits per heavy atom. The number of hydrogen-bond acceptors (Lipinski definition) is 2. The van der Waals surface area contributed by atoms with Gasteiger partial charge in [-0.25, -0.2) is 4.39 Å². The van der Waals surface area contributed by atoms with Crippen LogP contribution in [-0.2, 0) is 4.79 Å². The maximum absolute atomic E-state index is 13.4. The summed E-state index contributed by atoms with van der Waals surface area (Å²) in [6.07, 6.45) is 0.294. The van der Waals surface area contributed by atoms with Crippen LogP contribution in [0, 0.1) is 5.82 Å². The van der Waals surface area contributed by atoms with Gasteiger partial charge in [0.15, 0.2) is 0 Å². The normalized spacial score (nSPS) is 10.0. The molecule has 0 saturated carbocycles. The lowest BCUT2D eigenvalue weighted by Crippen LogP contribution is -2.25. The summed E-state index contributed by atoms with van der Waals surface area (Å²) in [7, 11) is 0. The number of halogens is 2. The number of carbonyl (C=O) groups excluding carboxylic acids is 1. The van der Waals surface area contributed by atoms with Crippen LogP contribution < -0.4 is 5.32 Å². The fourth-order valence-electron chi connectivity index (χ4n) is 1.21. The number of carbonyl (C=O) groups is 2. The third kappa shape index (κ3) is 4.52. The second kappa shape index (κ2) is 6.34. The van der Waals surface area contributed by atoms with Gasteiger partial charge in [-0.2, -0.15) is 0 Å². The molecule has 0 spiro atoms. The van der Waals surface area contributed by atoms with E-state index in [1.807, 2.05) is 0 Å². The zero-order valence-electron chi connectivity index (χ0n) is 8.87. The van der Waals surface area contributed by atoms with E-state index < -0.39 is 17.7 Å². The molecule has 0 aliphatic heterocycles. The fraction of sp³-hybridized carbons (Fsp3) is 0.273. The highest BCUT2D eigenvalue weighted by molar-refractivity contribution is 9.10. The average Bonchev–Trinajstić information content (AvgIpc) is 2.23. The second-order valence-corrected chi connectivity index (χ2v) is 4.29. The summed E-state index contributed by atoms with van der Waals surface area (Å²) in [5.74, 6) is -2.08. The molecule has 0 aromatic heterocycles. The Kier molecular flexibility index (Phi) is 5.09. The predicted octanol–water partition coefficient (Wildman–Crippen LogP) is 2.18. The van der Waals surface area contributed by atoms with Gasteiger partial charge in [0, 0.05) is 17.4 Å². The summed E-state index contributed by atoms with van der Waals surface area (Å²) < 4.78 is 13.9. The zero-order valence-corrected chi connectivity index (χ0v) is 10.5. The summed E-state index contributed by atoms with van der Waals surface area (Å²) in [4.78, 5) is 21.7. The van der Waals surface area contributed by atoms with Crippen LogP contribution in [0.5, 0.6) is 0 Å². The zero-order chi connectivity index (χ0) is 12.8. The van der Waals surface area contributed by atoms with Gasteiger partial charge in [-0.3, -0.25) is 9.59 Å². The van der Waals surface area contributed by atoms with Crippen molar-refractivity contribution in [1.29, 1.82) is 0 Å². The van der Waals surface area contributed by atoms with Crippen LogP contribution in [0.1, 0.15) is 23.2 Å². The van der Waals surface area contributed by atoms with Gasteiger partial charge in [-0.1, -0.05) is 15.9 Å². The van der Waals surface area contributed by atoms with Crippen LogP contribution in [-0.4, -0.2) is 23.5 Å². The Hall–Kier alpha value is -1.43. The van der Waals surface area contributed by atoms with Crippen LogP contribution in [0.15, 0.2) is 22.7 Å². The maximum Gasteiger partial charge on any atom is 0.303 e. The van der Waals surface area contributed by atoms with E-state index >= 15 is 0 Å². The molecule has 0 bridgehead atoms. The fourth-order valence-corrected chi connectivity index (χ4v) is 1.54. The highest BCUT2D eigenvalue weighted by Gasteiger charge is 2.11. The molecular formula is C11H11BrFNO3. The lowest BCUT2D eigenvalue weighted by molar-refractivity contribution is -0.137. The molecule has 0 aliphatic carbocycles. The lowest BCUT2D eigenvalue weighted by atomic mass is 10.2. The van der Waals surface area contributed by atoms with Crippen LogP contribution in [0.4, 0.5) is 4.39 Å². The van der Waals surface area contributed by atoms with E-state index in [0.29, 0.717) is 10.9 Å². The third-order valence-electron chi connectivity index (χ3n) is 2.03. The highest BCUT2D eigenvalue weighted by atomic mass is 79.9. The predicted molar refractivity (Wildman–Crippen MR) is 63.3 cm³/mol.